The maximum atomic E-state index is 12.8. The molecule has 1 aliphatic rings. The number of amides is 5. The highest BCUT2D eigenvalue weighted by Gasteiger charge is 2.50. The zero-order valence-electron chi connectivity index (χ0n) is 18.0. The van der Waals surface area contributed by atoms with Crippen LogP contribution in [0.15, 0.2) is 66.4 Å². The second kappa shape index (κ2) is 9.77. The van der Waals surface area contributed by atoms with Crippen LogP contribution in [-0.4, -0.2) is 41.3 Å². The molecule has 0 aromatic heterocycles. The van der Waals surface area contributed by atoms with Gasteiger partial charge in [-0.05, 0) is 24.1 Å². The standard InChI is InChI=1S/C23H22N4O6/c1-15(28)24-18(13-16-9-5-3-6-10-16)20(30)33-14-19(29)26-27-21(31)23(2,25-22(27)32)17-11-7-4-8-12-17/h3-13H,14H2,1-2H3,(H,24,28)(H,25,32)(H,26,29)/b18-13+/t23-/m0/s1. The molecule has 0 unspecified atom stereocenters. The molecule has 0 saturated carbocycles. The number of urea groups is 1. The Kier molecular flexibility index (Phi) is 6.87. The van der Waals surface area contributed by atoms with Crippen molar-refractivity contribution in [1.29, 1.82) is 0 Å². The van der Waals surface area contributed by atoms with Gasteiger partial charge in [0, 0.05) is 6.92 Å². The summed E-state index contributed by atoms with van der Waals surface area (Å²) >= 11 is 0. The van der Waals surface area contributed by atoms with Crippen molar-refractivity contribution in [2.24, 2.45) is 0 Å². The van der Waals surface area contributed by atoms with E-state index in [2.05, 4.69) is 16.1 Å². The number of nitrogens with one attached hydrogen (secondary N) is 3. The highest BCUT2D eigenvalue weighted by Crippen LogP contribution is 2.27. The summed E-state index contributed by atoms with van der Waals surface area (Å²) in [6, 6.07) is 16.4. The van der Waals surface area contributed by atoms with E-state index in [1.807, 2.05) is 0 Å². The number of ether oxygens (including phenoxy) is 1. The molecule has 1 aliphatic heterocycles. The van der Waals surface area contributed by atoms with E-state index in [0.717, 1.165) is 0 Å². The van der Waals surface area contributed by atoms with Crippen LogP contribution in [0.5, 0.6) is 0 Å². The average Bonchev–Trinajstić information content (AvgIpc) is 3.02. The third-order valence-corrected chi connectivity index (χ3v) is 4.75. The SMILES string of the molecule is CC(=O)N/C(=C/c1ccccc1)C(=O)OCC(=O)NN1C(=O)N[C@@](C)(c2ccccc2)C1=O. The summed E-state index contributed by atoms with van der Waals surface area (Å²) in [7, 11) is 0. The third-order valence-electron chi connectivity index (χ3n) is 4.75. The second-order valence-corrected chi connectivity index (χ2v) is 7.32. The number of imide groups is 1. The quantitative estimate of drug-likeness (QED) is 0.330. The summed E-state index contributed by atoms with van der Waals surface area (Å²) in [6.45, 7) is 1.95. The first-order valence-corrected chi connectivity index (χ1v) is 9.94. The number of hydrogen-bond acceptors (Lipinski definition) is 6. The molecule has 0 aliphatic carbocycles. The summed E-state index contributed by atoms with van der Waals surface area (Å²) in [5, 5.41) is 5.44. The lowest BCUT2D eigenvalue weighted by molar-refractivity contribution is -0.148. The topological polar surface area (TPSA) is 134 Å². The van der Waals surface area contributed by atoms with E-state index in [9.17, 15) is 24.0 Å². The van der Waals surface area contributed by atoms with E-state index in [1.54, 1.807) is 60.7 Å². The van der Waals surface area contributed by atoms with Crippen LogP contribution in [0.1, 0.15) is 25.0 Å². The Hall–Kier alpha value is -4.47. The van der Waals surface area contributed by atoms with Crippen LogP contribution in [0.3, 0.4) is 0 Å². The number of nitrogens with zero attached hydrogens (tertiary/aromatic N) is 1. The average molecular weight is 450 g/mol. The predicted molar refractivity (Wildman–Crippen MR) is 117 cm³/mol. The van der Waals surface area contributed by atoms with E-state index in [-0.39, 0.29) is 5.70 Å². The molecule has 1 fully saturated rings. The molecule has 33 heavy (non-hydrogen) atoms. The van der Waals surface area contributed by atoms with Crippen LogP contribution in [0.2, 0.25) is 0 Å². The number of carbonyl (C=O) groups is 5. The molecule has 0 bridgehead atoms. The molecule has 10 nitrogen and oxygen atoms in total. The van der Waals surface area contributed by atoms with Gasteiger partial charge in [0.2, 0.25) is 5.91 Å². The van der Waals surface area contributed by atoms with Gasteiger partial charge in [-0.3, -0.25) is 19.8 Å². The number of rotatable bonds is 7. The largest absolute Gasteiger partial charge is 0.451 e. The van der Waals surface area contributed by atoms with Crippen molar-refractivity contribution in [2.45, 2.75) is 19.4 Å². The van der Waals surface area contributed by atoms with Gasteiger partial charge in [-0.25, -0.2) is 9.59 Å². The molecular weight excluding hydrogens is 428 g/mol. The maximum Gasteiger partial charge on any atom is 0.355 e. The molecular formula is C23H22N4O6. The monoisotopic (exact) mass is 450 g/mol. The van der Waals surface area contributed by atoms with Gasteiger partial charge in [-0.2, -0.15) is 5.01 Å². The fourth-order valence-electron chi connectivity index (χ4n) is 3.13. The molecule has 2 aromatic carbocycles. The number of carbonyl (C=O) groups excluding carboxylic acids is 5. The van der Waals surface area contributed by atoms with Gasteiger partial charge in [0.25, 0.3) is 11.8 Å². The van der Waals surface area contributed by atoms with Crippen molar-refractivity contribution in [3.8, 4) is 0 Å². The van der Waals surface area contributed by atoms with Crippen molar-refractivity contribution < 1.29 is 28.7 Å². The van der Waals surface area contributed by atoms with E-state index in [1.165, 1.54) is 19.9 Å². The van der Waals surface area contributed by atoms with Gasteiger partial charge in [0.1, 0.15) is 11.2 Å². The summed E-state index contributed by atoms with van der Waals surface area (Å²) in [5.41, 5.74) is 1.77. The Morgan fingerprint density at radius 1 is 1.03 bits per heavy atom. The summed E-state index contributed by atoms with van der Waals surface area (Å²) < 4.78 is 4.95. The lowest BCUT2D eigenvalue weighted by atomic mass is 9.92. The summed E-state index contributed by atoms with van der Waals surface area (Å²) in [4.78, 5) is 61.2. The third kappa shape index (κ3) is 5.42. The van der Waals surface area contributed by atoms with Crippen molar-refractivity contribution in [3.63, 3.8) is 0 Å². The number of hydrogen-bond donors (Lipinski definition) is 3. The van der Waals surface area contributed by atoms with Gasteiger partial charge in [-0.15, -0.1) is 0 Å². The van der Waals surface area contributed by atoms with Crippen molar-refractivity contribution >= 4 is 35.8 Å². The van der Waals surface area contributed by atoms with Gasteiger partial charge in [-0.1, -0.05) is 60.7 Å². The smallest absolute Gasteiger partial charge is 0.355 e. The highest BCUT2D eigenvalue weighted by molar-refractivity contribution is 6.08. The Morgan fingerprint density at radius 3 is 2.24 bits per heavy atom. The number of esters is 1. The van der Waals surface area contributed by atoms with E-state index >= 15 is 0 Å². The first-order chi connectivity index (χ1) is 15.7. The van der Waals surface area contributed by atoms with Gasteiger partial charge in [0.05, 0.1) is 0 Å². The maximum absolute atomic E-state index is 12.8. The minimum Gasteiger partial charge on any atom is -0.451 e. The van der Waals surface area contributed by atoms with Crippen LogP contribution in [0.4, 0.5) is 4.79 Å². The lowest BCUT2D eigenvalue weighted by Gasteiger charge is -2.22. The van der Waals surface area contributed by atoms with Crippen molar-refractivity contribution in [3.05, 3.63) is 77.5 Å². The van der Waals surface area contributed by atoms with Crippen molar-refractivity contribution in [2.75, 3.05) is 6.61 Å². The minimum atomic E-state index is -1.36. The van der Waals surface area contributed by atoms with Gasteiger partial charge >= 0.3 is 12.0 Å². The molecule has 3 N–H and O–H groups in total. The zero-order chi connectivity index (χ0) is 24.0. The predicted octanol–water partition coefficient (Wildman–Crippen LogP) is 1.21. The fraction of sp³-hybridized carbons (Fsp3) is 0.174. The van der Waals surface area contributed by atoms with Crippen LogP contribution < -0.4 is 16.1 Å². The lowest BCUT2D eigenvalue weighted by Crippen LogP contribution is -2.49. The van der Waals surface area contributed by atoms with Gasteiger partial charge in [0.15, 0.2) is 6.61 Å². The summed E-state index contributed by atoms with van der Waals surface area (Å²) in [5.74, 6) is -3.07. The molecule has 0 radical (unpaired) electrons. The van der Waals surface area contributed by atoms with Crippen LogP contribution in [0.25, 0.3) is 6.08 Å². The highest BCUT2D eigenvalue weighted by atomic mass is 16.5. The normalized spacial score (nSPS) is 17.9. The Morgan fingerprint density at radius 2 is 1.64 bits per heavy atom. The molecule has 170 valence electrons. The van der Waals surface area contributed by atoms with Crippen LogP contribution >= 0.6 is 0 Å². The summed E-state index contributed by atoms with van der Waals surface area (Å²) in [6.07, 6.45) is 1.39. The minimum absolute atomic E-state index is 0.173. The molecule has 10 heteroatoms. The number of hydrazine groups is 1. The molecule has 2 aromatic rings. The van der Waals surface area contributed by atoms with Gasteiger partial charge < -0.3 is 15.4 Å². The van der Waals surface area contributed by atoms with E-state index < -0.39 is 41.9 Å². The zero-order valence-corrected chi connectivity index (χ0v) is 18.0. The van der Waals surface area contributed by atoms with E-state index in [4.69, 9.17) is 4.74 Å². The molecule has 1 atom stereocenters. The molecule has 5 amide bonds. The first kappa shape index (κ1) is 23.2. The molecule has 1 heterocycles. The Balaban J connectivity index is 1.64. The first-order valence-electron chi connectivity index (χ1n) is 9.94. The fourth-order valence-corrected chi connectivity index (χ4v) is 3.13. The molecule has 3 rings (SSSR count). The van der Waals surface area contributed by atoms with E-state index in [0.29, 0.717) is 16.1 Å². The Bertz CT molecular complexity index is 1120. The van der Waals surface area contributed by atoms with Crippen LogP contribution in [0, 0.1) is 0 Å². The van der Waals surface area contributed by atoms with Crippen molar-refractivity contribution in [1.82, 2.24) is 21.1 Å². The molecule has 1 saturated heterocycles. The molecule has 0 spiro atoms. The second-order valence-electron chi connectivity index (χ2n) is 7.32. The van der Waals surface area contributed by atoms with Crippen LogP contribution in [-0.2, 0) is 29.5 Å². The number of benzene rings is 2. The Labute approximate surface area is 189 Å².